The van der Waals surface area contributed by atoms with Crippen LogP contribution in [0.25, 0.3) is 0 Å². The van der Waals surface area contributed by atoms with Crippen molar-refractivity contribution in [2.24, 2.45) is 0 Å². The van der Waals surface area contributed by atoms with Crippen LogP contribution in [0.3, 0.4) is 0 Å². The number of benzene rings is 2. The minimum Gasteiger partial charge on any atom is -0.280 e. The van der Waals surface area contributed by atoms with Crippen LogP contribution in [-0.2, 0) is 14.8 Å². The van der Waals surface area contributed by atoms with Gasteiger partial charge in [0, 0.05) is 22.1 Å². The molecule has 0 atom stereocenters. The van der Waals surface area contributed by atoms with Gasteiger partial charge in [-0.25, -0.2) is 8.42 Å². The standard InChI is InChI=1S/C18H20BrN3O4S/c1-2-3-4-17(23)20-21-18(24)13-5-9-15(10-6-13)22-27(25,26)16-11-7-14(19)8-12-16/h5-12,22H,2-4H2,1H3,(H,20,23)(H,21,24). The summed E-state index contributed by atoms with van der Waals surface area (Å²) in [5.41, 5.74) is 5.28. The molecule has 0 aromatic heterocycles. The van der Waals surface area contributed by atoms with Crippen molar-refractivity contribution in [2.45, 2.75) is 31.1 Å². The number of anilines is 1. The van der Waals surface area contributed by atoms with Crippen LogP contribution in [0, 0.1) is 0 Å². The summed E-state index contributed by atoms with van der Waals surface area (Å²) in [6, 6.07) is 12.1. The van der Waals surface area contributed by atoms with Gasteiger partial charge >= 0.3 is 0 Å². The number of carbonyl (C=O) groups is 2. The number of nitrogens with one attached hydrogen (secondary N) is 3. The molecule has 2 rings (SSSR count). The van der Waals surface area contributed by atoms with Gasteiger partial charge in [0.05, 0.1) is 4.90 Å². The molecule has 3 N–H and O–H groups in total. The summed E-state index contributed by atoms with van der Waals surface area (Å²) >= 11 is 3.26. The molecule has 0 heterocycles. The van der Waals surface area contributed by atoms with Crippen molar-refractivity contribution in [2.75, 3.05) is 4.72 Å². The maximum Gasteiger partial charge on any atom is 0.269 e. The van der Waals surface area contributed by atoms with E-state index >= 15 is 0 Å². The molecule has 0 aliphatic heterocycles. The molecule has 2 aromatic carbocycles. The zero-order valence-corrected chi connectivity index (χ0v) is 17.1. The van der Waals surface area contributed by atoms with Crippen molar-refractivity contribution < 1.29 is 18.0 Å². The fraction of sp³-hybridized carbons (Fsp3) is 0.222. The first-order chi connectivity index (χ1) is 12.8. The lowest BCUT2D eigenvalue weighted by Gasteiger charge is -2.10. The topological polar surface area (TPSA) is 104 Å². The lowest BCUT2D eigenvalue weighted by Crippen LogP contribution is -2.41. The van der Waals surface area contributed by atoms with Crippen LogP contribution in [-0.4, -0.2) is 20.2 Å². The lowest BCUT2D eigenvalue weighted by molar-refractivity contribution is -0.121. The van der Waals surface area contributed by atoms with Crippen molar-refractivity contribution in [3.05, 3.63) is 58.6 Å². The van der Waals surface area contributed by atoms with Crippen molar-refractivity contribution in [3.8, 4) is 0 Å². The van der Waals surface area contributed by atoms with Crippen LogP contribution in [0.5, 0.6) is 0 Å². The van der Waals surface area contributed by atoms with E-state index in [0.717, 1.165) is 17.3 Å². The Morgan fingerprint density at radius 3 is 2.19 bits per heavy atom. The van der Waals surface area contributed by atoms with E-state index in [1.807, 2.05) is 6.92 Å². The summed E-state index contributed by atoms with van der Waals surface area (Å²) in [4.78, 5) is 23.6. The van der Waals surface area contributed by atoms with Gasteiger partial charge in [0.1, 0.15) is 0 Å². The monoisotopic (exact) mass is 453 g/mol. The molecule has 27 heavy (non-hydrogen) atoms. The molecule has 9 heteroatoms. The van der Waals surface area contributed by atoms with E-state index in [1.54, 1.807) is 12.1 Å². The Kier molecular flexibility index (Phi) is 7.37. The number of hydrazine groups is 1. The van der Waals surface area contributed by atoms with Crippen LogP contribution in [0.15, 0.2) is 57.9 Å². The minimum absolute atomic E-state index is 0.127. The fourth-order valence-electron chi connectivity index (χ4n) is 2.12. The molecule has 0 fully saturated rings. The Morgan fingerprint density at radius 1 is 0.963 bits per heavy atom. The quantitative estimate of drug-likeness (QED) is 0.559. The highest BCUT2D eigenvalue weighted by atomic mass is 79.9. The average Bonchev–Trinajstić information content (AvgIpc) is 2.65. The van der Waals surface area contributed by atoms with E-state index in [2.05, 4.69) is 31.5 Å². The first-order valence-corrected chi connectivity index (χ1v) is 10.6. The van der Waals surface area contributed by atoms with E-state index in [0.29, 0.717) is 12.1 Å². The Balaban J connectivity index is 1.97. The van der Waals surface area contributed by atoms with Gasteiger partial charge in [0.25, 0.3) is 15.9 Å². The largest absolute Gasteiger partial charge is 0.280 e. The predicted octanol–water partition coefficient (Wildman–Crippen LogP) is 3.20. The van der Waals surface area contributed by atoms with Gasteiger partial charge in [-0.2, -0.15) is 0 Å². The molecule has 144 valence electrons. The zero-order chi connectivity index (χ0) is 19.9. The Hall–Kier alpha value is -2.39. The number of unbranched alkanes of at least 4 members (excludes halogenated alkanes) is 1. The van der Waals surface area contributed by atoms with Crippen molar-refractivity contribution in [1.82, 2.24) is 10.9 Å². The third kappa shape index (κ3) is 6.37. The second kappa shape index (κ2) is 9.52. The summed E-state index contributed by atoms with van der Waals surface area (Å²) < 4.78 is 27.9. The lowest BCUT2D eigenvalue weighted by atomic mass is 10.2. The SMILES string of the molecule is CCCCC(=O)NNC(=O)c1ccc(NS(=O)(=O)c2ccc(Br)cc2)cc1. The summed E-state index contributed by atoms with van der Waals surface area (Å²) in [6.07, 6.45) is 1.97. The Bertz CT molecular complexity index is 897. The van der Waals surface area contributed by atoms with Crippen LogP contribution >= 0.6 is 15.9 Å². The molecule has 0 spiro atoms. The average molecular weight is 454 g/mol. The molecule has 7 nitrogen and oxygen atoms in total. The van der Waals surface area contributed by atoms with Crippen molar-refractivity contribution in [3.63, 3.8) is 0 Å². The van der Waals surface area contributed by atoms with Crippen molar-refractivity contribution >= 4 is 43.5 Å². The maximum absolute atomic E-state index is 12.3. The first-order valence-electron chi connectivity index (χ1n) is 8.29. The number of halogens is 1. The molecule has 0 unspecified atom stereocenters. The summed E-state index contributed by atoms with van der Waals surface area (Å²) in [6.45, 7) is 1.97. The molecule has 2 aromatic rings. The summed E-state index contributed by atoms with van der Waals surface area (Å²) in [5, 5.41) is 0. The minimum atomic E-state index is -3.72. The summed E-state index contributed by atoms with van der Waals surface area (Å²) in [5.74, 6) is -0.744. The molecule has 0 bridgehead atoms. The number of sulfonamides is 1. The summed E-state index contributed by atoms with van der Waals surface area (Å²) in [7, 11) is -3.72. The molecular weight excluding hydrogens is 434 g/mol. The number of carbonyl (C=O) groups excluding carboxylic acids is 2. The number of amides is 2. The van der Waals surface area contributed by atoms with E-state index in [9.17, 15) is 18.0 Å². The molecule has 0 aliphatic carbocycles. The number of hydrogen-bond donors (Lipinski definition) is 3. The highest BCUT2D eigenvalue weighted by Crippen LogP contribution is 2.19. The van der Waals surface area contributed by atoms with Gasteiger partial charge < -0.3 is 0 Å². The van der Waals surface area contributed by atoms with Crippen LogP contribution in [0.4, 0.5) is 5.69 Å². The molecule has 0 radical (unpaired) electrons. The smallest absolute Gasteiger partial charge is 0.269 e. The molecule has 2 amide bonds. The van der Waals surface area contributed by atoms with Crippen LogP contribution in [0.2, 0.25) is 0 Å². The fourth-order valence-corrected chi connectivity index (χ4v) is 3.44. The van der Waals surface area contributed by atoms with Gasteiger partial charge in [0.15, 0.2) is 0 Å². The first kappa shape index (κ1) is 20.9. The normalized spacial score (nSPS) is 10.9. The second-order valence-electron chi connectivity index (χ2n) is 5.74. The third-order valence-corrected chi connectivity index (χ3v) is 5.52. The zero-order valence-electron chi connectivity index (χ0n) is 14.7. The highest BCUT2D eigenvalue weighted by molar-refractivity contribution is 9.10. The second-order valence-corrected chi connectivity index (χ2v) is 8.34. The van der Waals surface area contributed by atoms with Crippen molar-refractivity contribution in [1.29, 1.82) is 0 Å². The van der Waals surface area contributed by atoms with Crippen LogP contribution in [0.1, 0.15) is 36.5 Å². The number of rotatable bonds is 7. The van der Waals surface area contributed by atoms with Gasteiger partial charge in [-0.05, 0) is 55.0 Å². The number of hydrogen-bond acceptors (Lipinski definition) is 4. The van der Waals surface area contributed by atoms with Crippen LogP contribution < -0.4 is 15.6 Å². The Morgan fingerprint density at radius 2 is 1.59 bits per heavy atom. The van der Waals surface area contributed by atoms with Gasteiger partial charge in [0.2, 0.25) is 5.91 Å². The maximum atomic E-state index is 12.3. The van der Waals surface area contributed by atoms with Gasteiger partial charge in [-0.15, -0.1) is 0 Å². The van der Waals surface area contributed by atoms with E-state index in [4.69, 9.17) is 0 Å². The van der Waals surface area contributed by atoms with E-state index in [-0.39, 0.29) is 16.4 Å². The molecule has 0 saturated carbocycles. The predicted molar refractivity (Wildman–Crippen MR) is 107 cm³/mol. The Labute approximate surface area is 166 Å². The van der Waals surface area contributed by atoms with E-state index in [1.165, 1.54) is 36.4 Å². The van der Waals surface area contributed by atoms with Gasteiger partial charge in [-0.1, -0.05) is 29.3 Å². The molecular formula is C18H20BrN3O4S. The van der Waals surface area contributed by atoms with E-state index < -0.39 is 15.9 Å². The third-order valence-electron chi connectivity index (χ3n) is 3.60. The molecule has 0 aliphatic rings. The highest BCUT2D eigenvalue weighted by Gasteiger charge is 2.14. The molecule has 0 saturated heterocycles. The van der Waals surface area contributed by atoms with Gasteiger partial charge in [-0.3, -0.25) is 25.2 Å².